The highest BCUT2D eigenvalue weighted by atomic mass is 16.5. The topological polar surface area (TPSA) is 96.2 Å². The van der Waals surface area contributed by atoms with Crippen LogP contribution in [0.3, 0.4) is 0 Å². The number of amides is 1. The number of nitrogens with zero attached hydrogens (tertiary/aromatic N) is 3. The summed E-state index contributed by atoms with van der Waals surface area (Å²) in [6.45, 7) is 7.59. The summed E-state index contributed by atoms with van der Waals surface area (Å²) in [5.41, 5.74) is 1.47. The van der Waals surface area contributed by atoms with Crippen LogP contribution in [-0.2, 0) is 4.79 Å². The quantitative estimate of drug-likeness (QED) is 0.431. The van der Waals surface area contributed by atoms with Gasteiger partial charge in [-0.25, -0.2) is 0 Å². The van der Waals surface area contributed by atoms with Gasteiger partial charge in [-0.3, -0.25) is 4.79 Å². The summed E-state index contributed by atoms with van der Waals surface area (Å²) >= 11 is 0. The molecule has 1 atom stereocenters. The van der Waals surface area contributed by atoms with Crippen molar-refractivity contribution in [2.24, 2.45) is 0 Å². The second-order valence-corrected chi connectivity index (χ2v) is 7.66. The number of ether oxygens (including phenoxy) is 4. The number of carbonyl (C=O) groups excluding carboxylic acids is 1. The van der Waals surface area contributed by atoms with E-state index >= 15 is 0 Å². The summed E-state index contributed by atoms with van der Waals surface area (Å²) in [5.74, 6) is 3.04. The monoisotopic (exact) mass is 467 g/mol. The number of aromatic nitrogens is 2. The lowest BCUT2D eigenvalue weighted by atomic mass is 10.1. The molecule has 0 saturated carbocycles. The molecule has 1 unspecified atom stereocenters. The highest BCUT2D eigenvalue weighted by Crippen LogP contribution is 2.42. The Morgan fingerprint density at radius 2 is 1.65 bits per heavy atom. The van der Waals surface area contributed by atoms with Gasteiger partial charge in [0.05, 0.1) is 26.9 Å². The smallest absolute Gasteiger partial charge is 0.258 e. The van der Waals surface area contributed by atoms with Crippen LogP contribution < -0.4 is 23.8 Å². The Hall–Kier alpha value is -3.75. The van der Waals surface area contributed by atoms with Crippen LogP contribution in [-0.4, -0.2) is 49.5 Å². The van der Waals surface area contributed by atoms with Gasteiger partial charge in [-0.15, -0.1) is 0 Å². The van der Waals surface area contributed by atoms with Gasteiger partial charge in [-0.05, 0) is 57.2 Å². The molecule has 1 amide bonds. The maximum Gasteiger partial charge on any atom is 0.258 e. The van der Waals surface area contributed by atoms with Crippen LogP contribution in [0.5, 0.6) is 23.0 Å². The maximum atomic E-state index is 12.7. The molecule has 3 aromatic rings. The average Bonchev–Trinajstić information content (AvgIpc) is 3.48. The molecular formula is C25H29N3O6. The Balaban J connectivity index is 1.58. The van der Waals surface area contributed by atoms with Crippen molar-refractivity contribution in [3.8, 4) is 34.5 Å². The molecule has 9 heteroatoms. The molecule has 180 valence electrons. The molecule has 1 aromatic heterocycles. The van der Waals surface area contributed by atoms with E-state index < -0.39 is 0 Å². The van der Waals surface area contributed by atoms with E-state index in [2.05, 4.69) is 10.1 Å². The third kappa shape index (κ3) is 4.78. The molecule has 0 radical (unpaired) electrons. The number of carbonyl (C=O) groups is 1. The van der Waals surface area contributed by atoms with E-state index in [4.69, 9.17) is 23.5 Å². The van der Waals surface area contributed by atoms with Gasteiger partial charge < -0.3 is 28.4 Å². The van der Waals surface area contributed by atoms with Crippen LogP contribution in [0.2, 0.25) is 0 Å². The highest BCUT2D eigenvalue weighted by Gasteiger charge is 2.35. The molecule has 9 nitrogen and oxygen atoms in total. The predicted octanol–water partition coefficient (Wildman–Crippen LogP) is 4.46. The molecule has 0 bridgehead atoms. The Bertz CT molecular complexity index is 1100. The summed E-state index contributed by atoms with van der Waals surface area (Å²) < 4.78 is 28.1. The number of benzene rings is 2. The van der Waals surface area contributed by atoms with Crippen molar-refractivity contribution in [3.63, 3.8) is 0 Å². The van der Waals surface area contributed by atoms with E-state index in [1.165, 1.54) is 0 Å². The van der Waals surface area contributed by atoms with Crippen LogP contribution >= 0.6 is 0 Å². The van der Waals surface area contributed by atoms with Gasteiger partial charge in [-0.2, -0.15) is 4.98 Å². The summed E-state index contributed by atoms with van der Waals surface area (Å²) in [4.78, 5) is 19.0. The van der Waals surface area contributed by atoms with Crippen molar-refractivity contribution in [2.45, 2.75) is 33.1 Å². The molecule has 1 aliphatic rings. The van der Waals surface area contributed by atoms with Gasteiger partial charge >= 0.3 is 0 Å². The minimum absolute atomic E-state index is 0.0137. The van der Waals surface area contributed by atoms with E-state index in [-0.39, 0.29) is 11.8 Å². The fraction of sp³-hybridized carbons (Fsp3) is 0.400. The Morgan fingerprint density at radius 3 is 2.24 bits per heavy atom. The molecule has 0 N–H and O–H groups in total. The first-order valence-corrected chi connectivity index (χ1v) is 11.4. The lowest BCUT2D eigenvalue weighted by Crippen LogP contribution is -2.24. The van der Waals surface area contributed by atoms with Crippen LogP contribution in [0.15, 0.2) is 40.9 Å². The molecule has 1 saturated heterocycles. The number of methoxy groups -OCH3 is 1. The molecule has 1 fully saturated rings. The fourth-order valence-corrected chi connectivity index (χ4v) is 3.92. The summed E-state index contributed by atoms with van der Waals surface area (Å²) in [6.07, 6.45) is 0.308. The van der Waals surface area contributed by atoms with Crippen molar-refractivity contribution in [1.29, 1.82) is 0 Å². The average molecular weight is 468 g/mol. The van der Waals surface area contributed by atoms with Crippen LogP contribution in [0.25, 0.3) is 11.5 Å². The van der Waals surface area contributed by atoms with E-state index in [0.717, 1.165) is 11.4 Å². The van der Waals surface area contributed by atoms with Gasteiger partial charge in [0.25, 0.3) is 5.89 Å². The van der Waals surface area contributed by atoms with E-state index in [0.29, 0.717) is 67.3 Å². The number of rotatable bonds is 10. The van der Waals surface area contributed by atoms with Crippen LogP contribution in [0.4, 0.5) is 5.69 Å². The SMILES string of the molecule is CCOc1cc(-c2nc(C3CC(=O)N(c4ccc(OC)cc4)C3)no2)cc(OCC)c1OCC. The van der Waals surface area contributed by atoms with Gasteiger partial charge in [-0.1, -0.05) is 5.16 Å². The number of hydrogen-bond acceptors (Lipinski definition) is 8. The third-order valence-corrected chi connectivity index (χ3v) is 5.47. The molecular weight excluding hydrogens is 438 g/mol. The Morgan fingerprint density at radius 1 is 1.00 bits per heavy atom. The standard InChI is InChI=1S/C25H29N3O6/c1-5-31-20-12-16(13-21(32-6-2)23(20)33-7-3)25-26-24(27-34-25)17-14-22(29)28(15-17)18-8-10-19(30-4)11-9-18/h8-13,17H,5-7,14-15H2,1-4H3. The van der Waals surface area contributed by atoms with Gasteiger partial charge in [0.2, 0.25) is 11.7 Å². The molecule has 2 heterocycles. The molecule has 2 aromatic carbocycles. The first kappa shape index (κ1) is 23.4. The van der Waals surface area contributed by atoms with Crippen molar-refractivity contribution < 1.29 is 28.3 Å². The van der Waals surface area contributed by atoms with Gasteiger partial charge in [0, 0.05) is 30.1 Å². The maximum absolute atomic E-state index is 12.7. The lowest BCUT2D eigenvalue weighted by molar-refractivity contribution is -0.117. The molecule has 4 rings (SSSR count). The first-order valence-electron chi connectivity index (χ1n) is 11.4. The van der Waals surface area contributed by atoms with Gasteiger partial charge in [0.15, 0.2) is 17.3 Å². The minimum Gasteiger partial charge on any atom is -0.497 e. The Labute approximate surface area is 198 Å². The molecule has 0 aliphatic carbocycles. The summed E-state index contributed by atoms with van der Waals surface area (Å²) in [5, 5.41) is 4.18. The second kappa shape index (κ2) is 10.5. The Kier molecular flexibility index (Phi) is 7.20. The van der Waals surface area contributed by atoms with Gasteiger partial charge in [0.1, 0.15) is 5.75 Å². The number of hydrogen-bond donors (Lipinski definition) is 0. The molecule has 34 heavy (non-hydrogen) atoms. The van der Waals surface area contributed by atoms with Crippen LogP contribution in [0.1, 0.15) is 38.9 Å². The fourth-order valence-electron chi connectivity index (χ4n) is 3.92. The second-order valence-electron chi connectivity index (χ2n) is 7.66. The van der Waals surface area contributed by atoms with Crippen molar-refractivity contribution in [3.05, 3.63) is 42.2 Å². The zero-order valence-electron chi connectivity index (χ0n) is 19.9. The van der Waals surface area contributed by atoms with Crippen molar-refractivity contribution >= 4 is 11.6 Å². The zero-order chi connectivity index (χ0) is 24.1. The summed E-state index contributed by atoms with van der Waals surface area (Å²) in [7, 11) is 1.61. The van der Waals surface area contributed by atoms with Crippen molar-refractivity contribution in [1.82, 2.24) is 10.1 Å². The van der Waals surface area contributed by atoms with E-state index in [9.17, 15) is 4.79 Å². The van der Waals surface area contributed by atoms with E-state index in [1.54, 1.807) is 24.1 Å². The van der Waals surface area contributed by atoms with E-state index in [1.807, 2.05) is 45.0 Å². The van der Waals surface area contributed by atoms with Crippen molar-refractivity contribution in [2.75, 3.05) is 38.4 Å². The predicted molar refractivity (Wildman–Crippen MR) is 126 cm³/mol. The molecule has 1 aliphatic heterocycles. The number of anilines is 1. The highest BCUT2D eigenvalue weighted by molar-refractivity contribution is 5.96. The third-order valence-electron chi connectivity index (χ3n) is 5.47. The normalized spacial score (nSPS) is 15.5. The first-order chi connectivity index (χ1) is 16.6. The lowest BCUT2D eigenvalue weighted by Gasteiger charge is -2.16. The summed E-state index contributed by atoms with van der Waals surface area (Å²) in [6, 6.07) is 11.0. The molecule has 0 spiro atoms. The zero-order valence-corrected chi connectivity index (χ0v) is 19.9. The largest absolute Gasteiger partial charge is 0.497 e. The minimum atomic E-state index is -0.174. The van der Waals surface area contributed by atoms with Crippen LogP contribution in [0, 0.1) is 0 Å².